The summed E-state index contributed by atoms with van der Waals surface area (Å²) >= 11 is 6.25. The quantitative estimate of drug-likeness (QED) is 0.598. The van der Waals surface area contributed by atoms with Crippen molar-refractivity contribution in [2.75, 3.05) is 6.61 Å². The second-order valence-electron chi connectivity index (χ2n) is 6.03. The van der Waals surface area contributed by atoms with Crippen LogP contribution in [0.2, 0.25) is 5.02 Å². The van der Waals surface area contributed by atoms with Crippen molar-refractivity contribution in [2.45, 2.75) is 20.0 Å². The van der Waals surface area contributed by atoms with Crippen LogP contribution in [-0.2, 0) is 17.9 Å². The summed E-state index contributed by atoms with van der Waals surface area (Å²) in [5, 5.41) is 0.629. The second kappa shape index (κ2) is 8.59. The van der Waals surface area contributed by atoms with Crippen LogP contribution in [-0.4, -0.2) is 17.4 Å². The van der Waals surface area contributed by atoms with Gasteiger partial charge >= 0.3 is 0 Å². The Balaban J connectivity index is 1.71. The van der Waals surface area contributed by atoms with E-state index >= 15 is 0 Å². The van der Waals surface area contributed by atoms with E-state index in [9.17, 15) is 4.79 Å². The minimum atomic E-state index is -0.136. The lowest BCUT2D eigenvalue weighted by Crippen LogP contribution is -2.34. The number of benzene rings is 2. The van der Waals surface area contributed by atoms with Gasteiger partial charge in [0.05, 0.1) is 12.8 Å². The Morgan fingerprint density at radius 3 is 2.65 bits per heavy atom. The van der Waals surface area contributed by atoms with E-state index in [0.717, 1.165) is 11.1 Å². The molecule has 3 rings (SSSR count). The van der Waals surface area contributed by atoms with Crippen molar-refractivity contribution in [1.29, 1.82) is 0 Å². The molecular weight excluding hydrogens is 350 g/mol. The fourth-order valence-corrected chi connectivity index (χ4v) is 2.79. The maximum Gasteiger partial charge on any atom is 0.261 e. The Bertz CT molecular complexity index is 861. The Morgan fingerprint density at radius 1 is 1.08 bits per heavy atom. The van der Waals surface area contributed by atoms with E-state index in [1.54, 1.807) is 17.2 Å². The fourth-order valence-electron chi connectivity index (χ4n) is 2.60. The molecule has 0 bridgehead atoms. The van der Waals surface area contributed by atoms with Gasteiger partial charge in [0, 0.05) is 11.6 Å². The molecule has 1 aromatic heterocycles. The van der Waals surface area contributed by atoms with Gasteiger partial charge in [-0.05, 0) is 48.4 Å². The highest BCUT2D eigenvalue weighted by atomic mass is 35.5. The van der Waals surface area contributed by atoms with Gasteiger partial charge in [0.15, 0.2) is 6.61 Å². The third kappa shape index (κ3) is 4.90. The molecule has 0 radical (unpaired) electrons. The molecule has 0 aliphatic carbocycles. The van der Waals surface area contributed by atoms with E-state index < -0.39 is 0 Å². The van der Waals surface area contributed by atoms with Crippen molar-refractivity contribution >= 4 is 17.5 Å². The topological polar surface area (TPSA) is 42.7 Å². The zero-order chi connectivity index (χ0) is 18.4. The third-order valence-electron chi connectivity index (χ3n) is 3.95. The van der Waals surface area contributed by atoms with Crippen LogP contribution in [0.25, 0.3) is 0 Å². The first-order chi connectivity index (χ1) is 12.6. The first-order valence-electron chi connectivity index (χ1n) is 8.35. The molecule has 1 heterocycles. The van der Waals surface area contributed by atoms with E-state index in [0.29, 0.717) is 29.6 Å². The lowest BCUT2D eigenvalue weighted by Gasteiger charge is -2.22. The minimum Gasteiger partial charge on any atom is -0.484 e. The Labute approximate surface area is 158 Å². The number of aryl methyl sites for hydroxylation is 1. The largest absolute Gasteiger partial charge is 0.484 e. The lowest BCUT2D eigenvalue weighted by atomic mass is 10.2. The summed E-state index contributed by atoms with van der Waals surface area (Å²) in [5.74, 6) is 1.25. The summed E-state index contributed by atoms with van der Waals surface area (Å²) < 4.78 is 11.1. The maximum atomic E-state index is 12.8. The normalized spacial score (nSPS) is 10.5. The summed E-state index contributed by atoms with van der Waals surface area (Å²) in [6.45, 7) is 2.68. The van der Waals surface area contributed by atoms with Gasteiger partial charge in [0.25, 0.3) is 5.91 Å². The van der Waals surface area contributed by atoms with Gasteiger partial charge in [-0.1, -0.05) is 41.9 Å². The molecule has 3 aromatic rings. The van der Waals surface area contributed by atoms with Crippen molar-refractivity contribution < 1.29 is 13.9 Å². The van der Waals surface area contributed by atoms with E-state index in [1.165, 1.54) is 0 Å². The Morgan fingerprint density at radius 2 is 1.92 bits per heavy atom. The molecule has 1 amide bonds. The third-order valence-corrected chi connectivity index (χ3v) is 4.32. The molecule has 0 N–H and O–H groups in total. The standard InChI is InChI=1S/C21H20ClNO3/c1-16-6-4-8-18(12-16)26-15-21(24)23(14-19-9-5-11-25-19)13-17-7-2-3-10-20(17)22/h2-12H,13-15H2,1H3. The van der Waals surface area contributed by atoms with Gasteiger partial charge in [-0.3, -0.25) is 4.79 Å². The summed E-state index contributed by atoms with van der Waals surface area (Å²) in [7, 11) is 0. The number of nitrogens with zero attached hydrogens (tertiary/aromatic N) is 1. The number of halogens is 1. The van der Waals surface area contributed by atoms with Crippen molar-refractivity contribution in [3.63, 3.8) is 0 Å². The molecule has 0 saturated carbocycles. The predicted octanol–water partition coefficient (Wildman–Crippen LogP) is 4.85. The molecule has 2 aromatic carbocycles. The van der Waals surface area contributed by atoms with Gasteiger partial charge in [0.1, 0.15) is 11.5 Å². The van der Waals surface area contributed by atoms with Gasteiger partial charge in [0.2, 0.25) is 0 Å². The molecule has 0 fully saturated rings. The van der Waals surface area contributed by atoms with Crippen LogP contribution < -0.4 is 4.74 Å². The van der Waals surface area contributed by atoms with Crippen LogP contribution in [0, 0.1) is 6.92 Å². The average molecular weight is 370 g/mol. The van der Waals surface area contributed by atoms with Gasteiger partial charge < -0.3 is 14.1 Å². The molecular formula is C21H20ClNO3. The number of amides is 1. The molecule has 0 unspecified atom stereocenters. The van der Waals surface area contributed by atoms with Crippen molar-refractivity contribution in [2.24, 2.45) is 0 Å². The number of carbonyl (C=O) groups excluding carboxylic acids is 1. The molecule has 0 aliphatic rings. The number of hydrogen-bond acceptors (Lipinski definition) is 3. The molecule has 0 aliphatic heterocycles. The lowest BCUT2D eigenvalue weighted by molar-refractivity contribution is -0.134. The molecule has 0 saturated heterocycles. The molecule has 0 atom stereocenters. The summed E-state index contributed by atoms with van der Waals surface area (Å²) in [6, 6.07) is 18.8. The van der Waals surface area contributed by atoms with Crippen LogP contribution in [0.3, 0.4) is 0 Å². The van der Waals surface area contributed by atoms with Crippen molar-refractivity contribution in [3.05, 3.63) is 88.8 Å². The first-order valence-corrected chi connectivity index (χ1v) is 8.72. The monoisotopic (exact) mass is 369 g/mol. The van der Waals surface area contributed by atoms with E-state index in [4.69, 9.17) is 20.8 Å². The summed E-state index contributed by atoms with van der Waals surface area (Å²) in [4.78, 5) is 14.4. The van der Waals surface area contributed by atoms with E-state index in [1.807, 2.05) is 61.5 Å². The first kappa shape index (κ1) is 18.1. The molecule has 0 spiro atoms. The van der Waals surface area contributed by atoms with Crippen LogP contribution in [0.15, 0.2) is 71.3 Å². The summed E-state index contributed by atoms with van der Waals surface area (Å²) in [5.41, 5.74) is 1.96. The molecule has 134 valence electrons. The van der Waals surface area contributed by atoms with E-state index in [-0.39, 0.29) is 12.5 Å². The average Bonchev–Trinajstić information content (AvgIpc) is 3.14. The fraction of sp³-hybridized carbons (Fsp3) is 0.190. The smallest absolute Gasteiger partial charge is 0.261 e. The van der Waals surface area contributed by atoms with Crippen LogP contribution in [0.1, 0.15) is 16.9 Å². The number of rotatable bonds is 7. The minimum absolute atomic E-state index is 0.0470. The number of hydrogen-bond donors (Lipinski definition) is 0. The molecule has 5 heteroatoms. The van der Waals surface area contributed by atoms with Crippen LogP contribution in [0.4, 0.5) is 0 Å². The molecule has 26 heavy (non-hydrogen) atoms. The maximum absolute atomic E-state index is 12.8. The van der Waals surface area contributed by atoms with Crippen molar-refractivity contribution in [1.82, 2.24) is 4.90 Å². The highest BCUT2D eigenvalue weighted by molar-refractivity contribution is 6.31. The highest BCUT2D eigenvalue weighted by Gasteiger charge is 2.18. The number of carbonyl (C=O) groups is 1. The van der Waals surface area contributed by atoms with Crippen LogP contribution in [0.5, 0.6) is 5.75 Å². The number of furan rings is 1. The zero-order valence-corrected chi connectivity index (χ0v) is 15.3. The second-order valence-corrected chi connectivity index (χ2v) is 6.43. The van der Waals surface area contributed by atoms with Gasteiger partial charge in [-0.25, -0.2) is 0 Å². The van der Waals surface area contributed by atoms with Crippen molar-refractivity contribution in [3.8, 4) is 5.75 Å². The zero-order valence-electron chi connectivity index (χ0n) is 14.5. The Hall–Kier alpha value is -2.72. The van der Waals surface area contributed by atoms with Gasteiger partial charge in [-0.15, -0.1) is 0 Å². The Kier molecular flexibility index (Phi) is 5.97. The molecule has 4 nitrogen and oxygen atoms in total. The highest BCUT2D eigenvalue weighted by Crippen LogP contribution is 2.19. The number of ether oxygens (including phenoxy) is 1. The SMILES string of the molecule is Cc1cccc(OCC(=O)N(Cc2ccco2)Cc2ccccc2Cl)c1. The van der Waals surface area contributed by atoms with Crippen LogP contribution >= 0.6 is 11.6 Å². The summed E-state index contributed by atoms with van der Waals surface area (Å²) in [6.07, 6.45) is 1.59. The van der Waals surface area contributed by atoms with E-state index in [2.05, 4.69) is 0 Å². The van der Waals surface area contributed by atoms with Gasteiger partial charge in [-0.2, -0.15) is 0 Å². The predicted molar refractivity (Wildman–Crippen MR) is 101 cm³/mol.